The molecule has 1 unspecified atom stereocenters. The van der Waals surface area contributed by atoms with Gasteiger partial charge in [0.15, 0.2) is 11.6 Å². The number of ether oxygens (including phenoxy) is 1. The molecule has 0 spiro atoms. The van der Waals surface area contributed by atoms with Gasteiger partial charge in [0.2, 0.25) is 17.7 Å². The van der Waals surface area contributed by atoms with E-state index in [9.17, 15) is 28.8 Å². The van der Waals surface area contributed by atoms with Crippen LogP contribution in [-0.4, -0.2) is 79.9 Å². The zero-order valence-corrected chi connectivity index (χ0v) is 32.0. The van der Waals surface area contributed by atoms with Crippen molar-refractivity contribution in [2.45, 2.75) is 77.8 Å². The summed E-state index contributed by atoms with van der Waals surface area (Å²) >= 11 is 7.85. The number of thiophene rings is 1. The van der Waals surface area contributed by atoms with Crippen LogP contribution in [0.4, 0.5) is 0 Å². The summed E-state index contributed by atoms with van der Waals surface area (Å²) in [5.74, 6) is -1.50. The number of carbonyl (C=O) groups excluding carboxylic acids is 6. The maximum Gasteiger partial charge on any atom is 0.266 e. The minimum Gasteiger partial charge on any atom is -0.485 e. The van der Waals surface area contributed by atoms with Gasteiger partial charge in [0.1, 0.15) is 35.3 Å². The van der Waals surface area contributed by atoms with E-state index in [1.54, 1.807) is 17.4 Å². The number of Topliss-reactive ketones (excluding diaryl/α,β-unsaturated/α-hetero) is 1. The molecule has 14 nitrogen and oxygen atoms in total. The number of hydrogen-bond acceptors (Lipinski definition) is 11. The molecule has 55 heavy (non-hydrogen) atoms. The largest absolute Gasteiger partial charge is 0.485 e. The Morgan fingerprint density at radius 3 is 2.53 bits per heavy atom. The molecule has 284 valence electrons. The average molecular weight is 784 g/mol. The Morgan fingerprint density at radius 2 is 1.76 bits per heavy atom. The summed E-state index contributed by atoms with van der Waals surface area (Å²) in [6.45, 7) is 6.15. The van der Waals surface area contributed by atoms with Crippen molar-refractivity contribution in [1.29, 1.82) is 0 Å². The lowest BCUT2D eigenvalue weighted by Gasteiger charge is -2.27. The number of aryl methyl sites for hydroxylation is 2. The van der Waals surface area contributed by atoms with E-state index in [0.717, 1.165) is 37.2 Å². The molecular formula is C39H38ClN7O7S. The van der Waals surface area contributed by atoms with Crippen molar-refractivity contribution < 1.29 is 33.5 Å². The van der Waals surface area contributed by atoms with Crippen molar-refractivity contribution in [1.82, 2.24) is 30.3 Å². The number of piperidine rings is 1. The van der Waals surface area contributed by atoms with Crippen molar-refractivity contribution in [2.75, 3.05) is 13.2 Å². The number of aromatic nitrogens is 3. The van der Waals surface area contributed by atoms with Crippen molar-refractivity contribution in [3.05, 3.63) is 91.8 Å². The van der Waals surface area contributed by atoms with Gasteiger partial charge in [0, 0.05) is 40.4 Å². The number of rotatable bonds is 13. The minimum atomic E-state index is -1.10. The second-order valence-corrected chi connectivity index (χ2v) is 15.4. The van der Waals surface area contributed by atoms with E-state index < -0.39 is 35.7 Å². The van der Waals surface area contributed by atoms with Crippen LogP contribution in [0.1, 0.15) is 105 Å². The molecule has 2 aromatic carbocycles. The quantitative estimate of drug-likeness (QED) is 0.141. The van der Waals surface area contributed by atoms with Crippen molar-refractivity contribution in [2.24, 2.45) is 4.99 Å². The van der Waals surface area contributed by atoms with E-state index >= 15 is 0 Å². The normalized spacial score (nSPS) is 17.6. The van der Waals surface area contributed by atoms with Crippen LogP contribution in [0.25, 0.3) is 5.00 Å². The second-order valence-electron chi connectivity index (χ2n) is 13.7. The summed E-state index contributed by atoms with van der Waals surface area (Å²) < 4.78 is 7.71. The highest BCUT2D eigenvalue weighted by atomic mass is 35.5. The van der Waals surface area contributed by atoms with Gasteiger partial charge in [0.25, 0.3) is 11.8 Å². The predicted molar refractivity (Wildman–Crippen MR) is 203 cm³/mol. The van der Waals surface area contributed by atoms with Crippen LogP contribution in [-0.2, 0) is 19.2 Å². The topological polar surface area (TPSA) is 182 Å². The molecule has 0 saturated carbocycles. The number of benzene rings is 2. The predicted octanol–water partition coefficient (Wildman–Crippen LogP) is 4.92. The van der Waals surface area contributed by atoms with Gasteiger partial charge in [-0.2, -0.15) is 0 Å². The second kappa shape index (κ2) is 15.7. The fourth-order valence-electron chi connectivity index (χ4n) is 7.07. The smallest absolute Gasteiger partial charge is 0.266 e. The number of hydrogen-bond donors (Lipinski definition) is 2. The SMILES string of the molecule is Cc1sc2c(c1C)C(c1ccc(Cl)cc1)=N[C@H](CC(=O)NCCCCCC(=O)COc1cccc3c1C(=O)N(C1CCC(=O)NC1=O)C3=O)c1nnc(C)n1-2. The van der Waals surface area contributed by atoms with E-state index in [2.05, 4.69) is 34.7 Å². The summed E-state index contributed by atoms with van der Waals surface area (Å²) in [6, 6.07) is 10.3. The van der Waals surface area contributed by atoms with Crippen molar-refractivity contribution in [3.63, 3.8) is 0 Å². The zero-order valence-electron chi connectivity index (χ0n) is 30.4. The molecule has 5 heterocycles. The Hall–Kier alpha value is -5.54. The number of unbranched alkanes of at least 4 members (excludes halogenated alkanes) is 2. The highest BCUT2D eigenvalue weighted by Crippen LogP contribution is 2.40. The summed E-state index contributed by atoms with van der Waals surface area (Å²) in [5, 5.41) is 15.6. The monoisotopic (exact) mass is 783 g/mol. The Bertz CT molecular complexity index is 2280. The van der Waals surface area contributed by atoms with Gasteiger partial charge in [-0.1, -0.05) is 36.2 Å². The third-order valence-corrected chi connectivity index (χ3v) is 11.5. The number of ketones is 1. The van der Waals surface area contributed by atoms with Crippen LogP contribution in [0, 0.1) is 20.8 Å². The van der Waals surface area contributed by atoms with Gasteiger partial charge in [-0.05, 0) is 69.9 Å². The fourth-order valence-corrected chi connectivity index (χ4v) is 8.41. The lowest BCUT2D eigenvalue weighted by atomic mass is 9.99. The van der Waals surface area contributed by atoms with Crippen LogP contribution in [0.15, 0.2) is 47.5 Å². The molecule has 5 amide bonds. The number of carbonyl (C=O) groups is 6. The zero-order chi connectivity index (χ0) is 39.0. The Labute approximate surface area is 325 Å². The molecule has 3 aliphatic rings. The molecule has 0 bridgehead atoms. The fraction of sp³-hybridized carbons (Fsp3) is 0.359. The molecule has 0 aliphatic carbocycles. The van der Waals surface area contributed by atoms with Gasteiger partial charge in [-0.25, -0.2) is 0 Å². The summed E-state index contributed by atoms with van der Waals surface area (Å²) in [4.78, 5) is 83.5. The summed E-state index contributed by atoms with van der Waals surface area (Å²) in [7, 11) is 0. The van der Waals surface area contributed by atoms with Crippen LogP contribution in [0.2, 0.25) is 5.02 Å². The average Bonchev–Trinajstić information content (AvgIpc) is 3.73. The molecule has 2 N–H and O–H groups in total. The third kappa shape index (κ3) is 7.45. The molecule has 1 saturated heterocycles. The first kappa shape index (κ1) is 37.8. The van der Waals surface area contributed by atoms with Gasteiger partial charge in [0.05, 0.1) is 23.3 Å². The van der Waals surface area contributed by atoms with E-state index in [1.165, 1.54) is 12.1 Å². The standard InChI is InChI=1S/C39H38ClN7O7S/c1-20-21(2)55-39-32(20)34(23-11-13-24(40)14-12-23)42-27(35-45-44-22(3)46(35)39)18-31(50)41-17-6-4-5-8-25(48)19-54-29-10-7-9-26-33(29)38(53)47(37(26)52)28-15-16-30(49)43-36(28)51/h7,9-14,27-28H,4-6,8,15-19H2,1-3H3,(H,41,50)(H,43,49,51)/t27-,28?/m1/s1. The highest BCUT2D eigenvalue weighted by Gasteiger charge is 2.46. The van der Waals surface area contributed by atoms with E-state index in [-0.39, 0.29) is 60.9 Å². The van der Waals surface area contributed by atoms with Gasteiger partial charge in [-0.15, -0.1) is 21.5 Å². The summed E-state index contributed by atoms with van der Waals surface area (Å²) in [6.07, 6.45) is 2.23. The number of imide groups is 2. The van der Waals surface area contributed by atoms with E-state index in [4.69, 9.17) is 21.3 Å². The first-order chi connectivity index (χ1) is 26.4. The highest BCUT2D eigenvalue weighted by molar-refractivity contribution is 7.15. The maximum atomic E-state index is 13.3. The van der Waals surface area contributed by atoms with Gasteiger partial charge >= 0.3 is 0 Å². The number of fused-ring (bicyclic) bond motifs is 4. The number of halogens is 1. The van der Waals surface area contributed by atoms with Crippen LogP contribution in [0.5, 0.6) is 5.75 Å². The maximum absolute atomic E-state index is 13.3. The Balaban J connectivity index is 0.906. The van der Waals surface area contributed by atoms with Crippen LogP contribution >= 0.6 is 22.9 Å². The van der Waals surface area contributed by atoms with Gasteiger partial charge in [-0.3, -0.25) is 48.5 Å². The molecule has 7 rings (SSSR count). The molecule has 2 aromatic heterocycles. The lowest BCUT2D eigenvalue weighted by Crippen LogP contribution is -2.54. The molecular weight excluding hydrogens is 746 g/mol. The first-order valence-corrected chi connectivity index (χ1v) is 19.2. The number of nitrogens with one attached hydrogen (secondary N) is 2. The molecule has 2 atom stereocenters. The molecule has 4 aromatic rings. The van der Waals surface area contributed by atoms with Crippen LogP contribution in [0.3, 0.4) is 0 Å². The molecule has 0 radical (unpaired) electrons. The van der Waals surface area contributed by atoms with E-state index in [0.29, 0.717) is 42.5 Å². The van der Waals surface area contributed by atoms with Gasteiger partial charge < -0.3 is 10.1 Å². The van der Waals surface area contributed by atoms with E-state index in [1.807, 2.05) is 35.8 Å². The Morgan fingerprint density at radius 1 is 0.982 bits per heavy atom. The van der Waals surface area contributed by atoms with Crippen molar-refractivity contribution in [3.8, 4) is 10.8 Å². The molecule has 16 heteroatoms. The Kier molecular flexibility index (Phi) is 10.8. The summed E-state index contributed by atoms with van der Waals surface area (Å²) in [5.41, 5.74) is 3.83. The number of nitrogens with zero attached hydrogens (tertiary/aromatic N) is 5. The van der Waals surface area contributed by atoms with Crippen LogP contribution < -0.4 is 15.4 Å². The first-order valence-electron chi connectivity index (χ1n) is 18.0. The molecule has 3 aliphatic heterocycles. The lowest BCUT2D eigenvalue weighted by molar-refractivity contribution is -0.136. The van der Waals surface area contributed by atoms with Crippen molar-refractivity contribution >= 4 is 64.0 Å². The number of amides is 5. The number of aliphatic imine (C=N–C) groups is 1. The minimum absolute atomic E-state index is 0.00633. The third-order valence-electron chi connectivity index (χ3n) is 10.0. The molecule has 1 fully saturated rings.